The molecule has 138 valence electrons. The van der Waals surface area contributed by atoms with Crippen LogP contribution in [0.4, 0.5) is 20.2 Å². The van der Waals surface area contributed by atoms with Crippen LogP contribution in [-0.4, -0.2) is 21.9 Å². The van der Waals surface area contributed by atoms with Gasteiger partial charge in [-0.15, -0.1) is 0 Å². The lowest BCUT2D eigenvalue weighted by molar-refractivity contribution is -0.385. The Bertz CT molecular complexity index is 908. The van der Waals surface area contributed by atoms with Crippen LogP contribution < -0.4 is 4.90 Å². The molecule has 1 atom stereocenters. The standard InChI is InChI=1S/C17H15BrF2N2O3S/c1-21(10-11-5-6-13(18)15(9-11)22(23)24)14-4-2-3-12-16(14)26(25)8-7-17(12,19)20/h2-6,9H,7-8,10H2,1H3. The lowest BCUT2D eigenvalue weighted by Gasteiger charge is -2.29. The molecule has 0 bridgehead atoms. The Kier molecular flexibility index (Phi) is 5.12. The van der Waals surface area contributed by atoms with Crippen molar-refractivity contribution in [2.45, 2.75) is 23.8 Å². The van der Waals surface area contributed by atoms with Crippen LogP contribution in [-0.2, 0) is 23.3 Å². The summed E-state index contributed by atoms with van der Waals surface area (Å²) in [5.74, 6) is -3.09. The van der Waals surface area contributed by atoms with Crippen molar-refractivity contribution in [3.05, 3.63) is 62.1 Å². The molecule has 0 fully saturated rings. The summed E-state index contributed by atoms with van der Waals surface area (Å²) >= 11 is 3.13. The summed E-state index contributed by atoms with van der Waals surface area (Å²) in [6.45, 7) is 0.257. The van der Waals surface area contributed by atoms with Crippen molar-refractivity contribution in [3.8, 4) is 0 Å². The number of fused-ring (bicyclic) bond motifs is 1. The number of nitrogens with zero attached hydrogens (tertiary/aromatic N) is 2. The van der Waals surface area contributed by atoms with E-state index in [-0.39, 0.29) is 28.4 Å². The topological polar surface area (TPSA) is 63.4 Å². The van der Waals surface area contributed by atoms with Crippen LogP contribution in [0.5, 0.6) is 0 Å². The minimum atomic E-state index is -3.00. The second-order valence-corrected chi connectivity index (χ2v) is 8.42. The van der Waals surface area contributed by atoms with E-state index >= 15 is 0 Å². The fourth-order valence-electron chi connectivity index (χ4n) is 2.97. The smallest absolute Gasteiger partial charge is 0.283 e. The molecule has 0 spiro atoms. The first-order chi connectivity index (χ1) is 12.2. The Labute approximate surface area is 159 Å². The number of rotatable bonds is 4. The van der Waals surface area contributed by atoms with E-state index in [2.05, 4.69) is 15.9 Å². The van der Waals surface area contributed by atoms with Crippen molar-refractivity contribution < 1.29 is 17.9 Å². The number of hydrogen-bond donors (Lipinski definition) is 0. The number of anilines is 1. The molecule has 1 aliphatic heterocycles. The summed E-state index contributed by atoms with van der Waals surface area (Å²) in [5, 5.41) is 11.1. The Morgan fingerprint density at radius 3 is 2.77 bits per heavy atom. The van der Waals surface area contributed by atoms with Gasteiger partial charge in [-0.2, -0.15) is 0 Å². The van der Waals surface area contributed by atoms with Crippen molar-refractivity contribution in [1.29, 1.82) is 0 Å². The molecule has 3 rings (SSSR count). The van der Waals surface area contributed by atoms with E-state index in [1.807, 2.05) is 0 Å². The lowest BCUT2D eigenvalue weighted by atomic mass is 10.0. The second kappa shape index (κ2) is 7.03. The first-order valence-electron chi connectivity index (χ1n) is 7.74. The monoisotopic (exact) mass is 444 g/mol. The molecule has 26 heavy (non-hydrogen) atoms. The van der Waals surface area contributed by atoms with E-state index in [1.165, 1.54) is 18.2 Å². The van der Waals surface area contributed by atoms with Crippen molar-refractivity contribution in [1.82, 2.24) is 0 Å². The summed E-state index contributed by atoms with van der Waals surface area (Å²) in [6, 6.07) is 9.20. The van der Waals surface area contributed by atoms with E-state index in [9.17, 15) is 23.1 Å². The van der Waals surface area contributed by atoms with Gasteiger partial charge in [0.25, 0.3) is 11.6 Å². The van der Waals surface area contributed by atoms with Gasteiger partial charge in [-0.3, -0.25) is 14.3 Å². The third-order valence-corrected chi connectivity index (χ3v) is 6.39. The molecule has 1 aliphatic rings. The maximum Gasteiger partial charge on any atom is 0.283 e. The fraction of sp³-hybridized carbons (Fsp3) is 0.294. The average Bonchev–Trinajstić information content (AvgIpc) is 2.59. The van der Waals surface area contributed by atoms with Crippen LogP contribution in [0.2, 0.25) is 0 Å². The van der Waals surface area contributed by atoms with Crippen LogP contribution in [0, 0.1) is 10.1 Å². The van der Waals surface area contributed by atoms with Gasteiger partial charge in [0.15, 0.2) is 0 Å². The van der Waals surface area contributed by atoms with E-state index in [1.54, 1.807) is 30.1 Å². The first-order valence-corrected chi connectivity index (χ1v) is 9.85. The summed E-state index contributed by atoms with van der Waals surface area (Å²) < 4.78 is 41.1. The van der Waals surface area contributed by atoms with E-state index in [4.69, 9.17) is 0 Å². The number of nitro benzene ring substituents is 1. The van der Waals surface area contributed by atoms with Gasteiger partial charge >= 0.3 is 0 Å². The van der Waals surface area contributed by atoms with Crippen molar-refractivity contribution in [3.63, 3.8) is 0 Å². The molecular formula is C17H15BrF2N2O3S. The minimum absolute atomic E-state index is 0.0684. The highest BCUT2D eigenvalue weighted by molar-refractivity contribution is 9.10. The molecule has 2 aromatic rings. The van der Waals surface area contributed by atoms with Crippen molar-refractivity contribution in [2.24, 2.45) is 0 Å². The molecular weight excluding hydrogens is 430 g/mol. The molecule has 0 saturated carbocycles. The van der Waals surface area contributed by atoms with Gasteiger partial charge < -0.3 is 4.90 Å². The maximum atomic E-state index is 14.2. The number of halogens is 3. The molecule has 2 aromatic carbocycles. The Balaban J connectivity index is 1.97. The maximum absolute atomic E-state index is 14.2. The van der Waals surface area contributed by atoms with Gasteiger partial charge in [0.1, 0.15) is 0 Å². The fourth-order valence-corrected chi connectivity index (χ4v) is 4.92. The zero-order chi connectivity index (χ0) is 19.1. The molecule has 0 saturated heterocycles. The van der Waals surface area contributed by atoms with Gasteiger partial charge in [-0.1, -0.05) is 18.2 Å². The number of nitro groups is 1. The molecule has 0 amide bonds. The SMILES string of the molecule is CN(Cc1ccc(Br)c([N+](=O)[O-])c1)c1cccc2c1S(=O)CCC2(F)F. The number of benzene rings is 2. The third-order valence-electron chi connectivity index (χ3n) is 4.26. The minimum Gasteiger partial charge on any atom is -0.369 e. The highest BCUT2D eigenvalue weighted by atomic mass is 79.9. The van der Waals surface area contributed by atoms with Crippen LogP contribution >= 0.6 is 15.9 Å². The molecule has 0 radical (unpaired) electrons. The Morgan fingerprint density at radius 1 is 1.35 bits per heavy atom. The van der Waals surface area contributed by atoms with Gasteiger partial charge in [0, 0.05) is 37.4 Å². The summed E-state index contributed by atoms with van der Waals surface area (Å²) in [6.07, 6.45) is -0.432. The largest absolute Gasteiger partial charge is 0.369 e. The average molecular weight is 445 g/mol. The summed E-state index contributed by atoms with van der Waals surface area (Å²) in [5.41, 5.74) is 0.827. The van der Waals surface area contributed by atoms with Crippen LogP contribution in [0.1, 0.15) is 17.5 Å². The highest BCUT2D eigenvalue weighted by Crippen LogP contribution is 2.43. The predicted octanol–water partition coefficient (Wildman–Crippen LogP) is 4.60. The van der Waals surface area contributed by atoms with E-state index in [0.717, 1.165) is 0 Å². The van der Waals surface area contributed by atoms with E-state index in [0.29, 0.717) is 15.7 Å². The van der Waals surface area contributed by atoms with Gasteiger partial charge in [0.05, 0.1) is 30.8 Å². The van der Waals surface area contributed by atoms with Crippen LogP contribution in [0.25, 0.3) is 0 Å². The summed E-state index contributed by atoms with van der Waals surface area (Å²) in [7, 11) is 0.183. The molecule has 1 unspecified atom stereocenters. The first kappa shape index (κ1) is 18.9. The molecule has 0 N–H and O–H groups in total. The van der Waals surface area contributed by atoms with Crippen LogP contribution in [0.3, 0.4) is 0 Å². The highest BCUT2D eigenvalue weighted by Gasteiger charge is 2.41. The van der Waals surface area contributed by atoms with Crippen LogP contribution in [0.15, 0.2) is 45.8 Å². The lowest BCUT2D eigenvalue weighted by Crippen LogP contribution is -2.28. The van der Waals surface area contributed by atoms with E-state index < -0.39 is 28.1 Å². The van der Waals surface area contributed by atoms with Gasteiger partial charge in [-0.25, -0.2) is 8.78 Å². The van der Waals surface area contributed by atoms with Gasteiger partial charge in [0.2, 0.25) is 0 Å². The second-order valence-electron chi connectivity index (χ2n) is 6.06. The quantitative estimate of drug-likeness (QED) is 0.510. The zero-order valence-electron chi connectivity index (χ0n) is 13.7. The Morgan fingerprint density at radius 2 is 2.08 bits per heavy atom. The summed E-state index contributed by atoms with van der Waals surface area (Å²) in [4.78, 5) is 12.4. The Hall–Kier alpha value is -1.87. The molecule has 1 heterocycles. The van der Waals surface area contributed by atoms with Crippen molar-refractivity contribution in [2.75, 3.05) is 17.7 Å². The molecule has 5 nitrogen and oxygen atoms in total. The number of alkyl halides is 2. The molecule has 0 aromatic heterocycles. The zero-order valence-corrected chi connectivity index (χ0v) is 16.1. The molecule has 9 heteroatoms. The third kappa shape index (κ3) is 3.50. The molecule has 0 aliphatic carbocycles. The van der Waals surface area contributed by atoms with Gasteiger partial charge in [-0.05, 0) is 33.6 Å². The predicted molar refractivity (Wildman–Crippen MR) is 99.1 cm³/mol. The normalized spacial score (nSPS) is 18.2. The number of hydrogen-bond acceptors (Lipinski definition) is 4. The van der Waals surface area contributed by atoms with Crippen molar-refractivity contribution >= 4 is 38.1 Å².